The fraction of sp³-hybridized carbons (Fsp3) is 0.818. The van der Waals surface area contributed by atoms with Crippen LogP contribution in [0.2, 0.25) is 0 Å². The second-order valence-electron chi connectivity index (χ2n) is 4.36. The van der Waals surface area contributed by atoms with Crippen molar-refractivity contribution in [1.29, 1.82) is 0 Å². The summed E-state index contributed by atoms with van der Waals surface area (Å²) >= 11 is 0. The van der Waals surface area contributed by atoms with Crippen LogP contribution in [-0.2, 0) is 0 Å². The molecule has 1 fully saturated rings. The molecule has 0 radical (unpaired) electrons. The molecule has 0 aromatic carbocycles. The Morgan fingerprint density at radius 2 is 2.17 bits per heavy atom. The average Bonchev–Trinajstić information content (AvgIpc) is 2.04. The zero-order chi connectivity index (χ0) is 8.55. The van der Waals surface area contributed by atoms with E-state index in [2.05, 4.69) is 13.0 Å². The summed E-state index contributed by atoms with van der Waals surface area (Å²) in [5, 5.41) is 9.75. The van der Waals surface area contributed by atoms with E-state index in [1.54, 1.807) is 5.57 Å². The molecule has 1 saturated carbocycles. The summed E-state index contributed by atoms with van der Waals surface area (Å²) in [7, 11) is 0. The maximum absolute atomic E-state index is 9.75. The number of hydrogen-bond acceptors (Lipinski definition) is 1. The lowest BCUT2D eigenvalue weighted by molar-refractivity contribution is 0.0866. The van der Waals surface area contributed by atoms with Crippen molar-refractivity contribution in [2.24, 2.45) is 11.8 Å². The highest BCUT2D eigenvalue weighted by Crippen LogP contribution is 2.38. The van der Waals surface area contributed by atoms with Gasteiger partial charge in [-0.05, 0) is 38.0 Å². The predicted molar refractivity (Wildman–Crippen MR) is 49.8 cm³/mol. The molecule has 0 aromatic heterocycles. The fourth-order valence-corrected chi connectivity index (χ4v) is 2.62. The Morgan fingerprint density at radius 3 is 3.00 bits per heavy atom. The van der Waals surface area contributed by atoms with Crippen LogP contribution in [-0.4, -0.2) is 11.2 Å². The maximum Gasteiger partial charge on any atom is 0.0605 e. The van der Waals surface area contributed by atoms with E-state index in [1.165, 1.54) is 25.7 Å². The summed E-state index contributed by atoms with van der Waals surface area (Å²) in [6.07, 6.45) is 8.31. The molecule has 1 heteroatoms. The first kappa shape index (κ1) is 8.31. The van der Waals surface area contributed by atoms with Crippen LogP contribution in [0.4, 0.5) is 0 Å². The highest BCUT2D eigenvalue weighted by molar-refractivity contribution is 5.15. The van der Waals surface area contributed by atoms with Crippen molar-refractivity contribution in [3.63, 3.8) is 0 Å². The molecule has 0 unspecified atom stereocenters. The van der Waals surface area contributed by atoms with E-state index in [4.69, 9.17) is 0 Å². The number of allylic oxidation sites excluding steroid dienone is 1. The molecule has 0 aromatic rings. The van der Waals surface area contributed by atoms with E-state index in [-0.39, 0.29) is 6.10 Å². The van der Waals surface area contributed by atoms with Crippen LogP contribution in [0.1, 0.15) is 39.0 Å². The quantitative estimate of drug-likeness (QED) is 0.548. The van der Waals surface area contributed by atoms with Crippen LogP contribution in [0.5, 0.6) is 0 Å². The molecule has 68 valence electrons. The zero-order valence-electron chi connectivity index (χ0n) is 7.79. The van der Waals surface area contributed by atoms with Crippen molar-refractivity contribution >= 4 is 0 Å². The molecule has 3 atom stereocenters. The van der Waals surface area contributed by atoms with Crippen molar-refractivity contribution < 1.29 is 5.11 Å². The van der Waals surface area contributed by atoms with E-state index >= 15 is 0 Å². The minimum atomic E-state index is -0.0301. The molecule has 0 spiro atoms. The van der Waals surface area contributed by atoms with Crippen molar-refractivity contribution in [3.8, 4) is 0 Å². The van der Waals surface area contributed by atoms with E-state index in [1.807, 2.05) is 0 Å². The van der Waals surface area contributed by atoms with E-state index in [0.717, 1.165) is 12.3 Å². The fourth-order valence-electron chi connectivity index (χ4n) is 2.62. The predicted octanol–water partition coefficient (Wildman–Crippen LogP) is 2.50. The molecule has 2 aliphatic rings. The molecule has 0 saturated heterocycles. The lowest BCUT2D eigenvalue weighted by Crippen LogP contribution is -2.29. The summed E-state index contributed by atoms with van der Waals surface area (Å²) < 4.78 is 0. The Labute approximate surface area is 74.5 Å². The highest BCUT2D eigenvalue weighted by Gasteiger charge is 2.29. The summed E-state index contributed by atoms with van der Waals surface area (Å²) in [4.78, 5) is 0. The minimum absolute atomic E-state index is 0.0301. The Bertz CT molecular complexity index is 195. The lowest BCUT2D eigenvalue weighted by Gasteiger charge is -2.35. The zero-order valence-corrected chi connectivity index (χ0v) is 7.79. The van der Waals surface area contributed by atoms with Crippen LogP contribution < -0.4 is 0 Å². The molecule has 0 heterocycles. The Balaban J connectivity index is 2.15. The van der Waals surface area contributed by atoms with E-state index < -0.39 is 0 Å². The number of aliphatic hydroxyl groups excluding tert-OH is 1. The Hall–Kier alpha value is -0.300. The number of hydrogen-bond donors (Lipinski definition) is 1. The van der Waals surface area contributed by atoms with Crippen molar-refractivity contribution in [3.05, 3.63) is 11.6 Å². The third kappa shape index (κ3) is 1.42. The SMILES string of the molecule is C[C@@H]1C=C2CCC[C@@H](O)[C@H]2CC1. The van der Waals surface area contributed by atoms with Crippen molar-refractivity contribution in [2.45, 2.75) is 45.1 Å². The second-order valence-corrected chi connectivity index (χ2v) is 4.36. The van der Waals surface area contributed by atoms with Crippen molar-refractivity contribution in [1.82, 2.24) is 0 Å². The molecule has 1 nitrogen and oxygen atoms in total. The van der Waals surface area contributed by atoms with Crippen LogP contribution in [0, 0.1) is 11.8 Å². The minimum Gasteiger partial charge on any atom is -0.393 e. The molecule has 0 bridgehead atoms. The van der Waals surface area contributed by atoms with Crippen LogP contribution in [0.15, 0.2) is 11.6 Å². The van der Waals surface area contributed by atoms with E-state index in [9.17, 15) is 5.11 Å². The maximum atomic E-state index is 9.75. The van der Waals surface area contributed by atoms with Gasteiger partial charge in [0.05, 0.1) is 6.10 Å². The number of aliphatic hydroxyl groups is 1. The molecular weight excluding hydrogens is 148 g/mol. The molecule has 0 aliphatic heterocycles. The summed E-state index contributed by atoms with van der Waals surface area (Å²) in [5.74, 6) is 1.27. The van der Waals surface area contributed by atoms with Crippen LogP contribution >= 0.6 is 0 Å². The first-order valence-corrected chi connectivity index (χ1v) is 5.16. The normalized spacial score (nSPS) is 41.8. The molecule has 12 heavy (non-hydrogen) atoms. The average molecular weight is 166 g/mol. The molecular formula is C11H18O. The molecule has 2 aliphatic carbocycles. The molecule has 2 rings (SSSR count). The number of fused-ring (bicyclic) bond motifs is 1. The Kier molecular flexibility index (Phi) is 2.22. The van der Waals surface area contributed by atoms with Gasteiger partial charge in [-0.3, -0.25) is 0 Å². The van der Waals surface area contributed by atoms with Gasteiger partial charge in [0.2, 0.25) is 0 Å². The summed E-state index contributed by atoms with van der Waals surface area (Å²) in [5.41, 5.74) is 1.55. The molecule has 0 amide bonds. The first-order chi connectivity index (χ1) is 5.77. The van der Waals surface area contributed by atoms with Gasteiger partial charge < -0.3 is 5.11 Å². The van der Waals surface area contributed by atoms with Crippen molar-refractivity contribution in [2.75, 3.05) is 0 Å². The second kappa shape index (κ2) is 3.21. The third-order valence-corrected chi connectivity index (χ3v) is 3.34. The van der Waals surface area contributed by atoms with Gasteiger partial charge >= 0.3 is 0 Å². The van der Waals surface area contributed by atoms with Gasteiger partial charge in [-0.2, -0.15) is 0 Å². The van der Waals surface area contributed by atoms with Gasteiger partial charge in [0.1, 0.15) is 0 Å². The van der Waals surface area contributed by atoms with Gasteiger partial charge in [0, 0.05) is 5.92 Å². The first-order valence-electron chi connectivity index (χ1n) is 5.16. The van der Waals surface area contributed by atoms with Crippen LogP contribution in [0.25, 0.3) is 0 Å². The topological polar surface area (TPSA) is 20.2 Å². The van der Waals surface area contributed by atoms with Gasteiger partial charge in [-0.1, -0.05) is 18.6 Å². The highest BCUT2D eigenvalue weighted by atomic mass is 16.3. The van der Waals surface area contributed by atoms with Gasteiger partial charge in [0.25, 0.3) is 0 Å². The lowest BCUT2D eigenvalue weighted by atomic mass is 9.73. The van der Waals surface area contributed by atoms with Gasteiger partial charge in [0.15, 0.2) is 0 Å². The largest absolute Gasteiger partial charge is 0.393 e. The van der Waals surface area contributed by atoms with Gasteiger partial charge in [-0.15, -0.1) is 0 Å². The van der Waals surface area contributed by atoms with Crippen LogP contribution in [0.3, 0.4) is 0 Å². The summed E-state index contributed by atoms with van der Waals surface area (Å²) in [6, 6.07) is 0. The van der Waals surface area contributed by atoms with Gasteiger partial charge in [-0.25, -0.2) is 0 Å². The monoisotopic (exact) mass is 166 g/mol. The molecule has 1 N–H and O–H groups in total. The third-order valence-electron chi connectivity index (χ3n) is 3.34. The summed E-state index contributed by atoms with van der Waals surface area (Å²) in [6.45, 7) is 2.28. The Morgan fingerprint density at radius 1 is 1.33 bits per heavy atom. The standard InChI is InChI=1S/C11H18O/c1-8-5-6-10-9(7-8)3-2-4-11(10)12/h7-8,10-12H,2-6H2,1H3/t8-,10-,11+/m0/s1. The smallest absolute Gasteiger partial charge is 0.0605 e. The van der Waals surface area contributed by atoms with E-state index in [0.29, 0.717) is 5.92 Å². The number of rotatable bonds is 0.